The van der Waals surface area contributed by atoms with Gasteiger partial charge in [-0.25, -0.2) is 13.2 Å². The number of benzene rings is 3. The zero-order chi connectivity index (χ0) is 28.3. The summed E-state index contributed by atoms with van der Waals surface area (Å²) in [5.41, 5.74) is 4.13. The van der Waals surface area contributed by atoms with Crippen LogP contribution in [-0.4, -0.2) is 72.7 Å². The quantitative estimate of drug-likeness (QED) is 0.430. The number of carbonyl (C=O) groups is 1. The number of fused-ring (bicyclic) bond motifs is 1. The zero-order valence-corrected chi connectivity index (χ0v) is 23.6. The van der Waals surface area contributed by atoms with Gasteiger partial charge in [-0.2, -0.15) is 4.31 Å². The van der Waals surface area contributed by atoms with Gasteiger partial charge in [-0.05, 0) is 61.9 Å². The summed E-state index contributed by atoms with van der Waals surface area (Å²) in [5, 5.41) is 19.0. The maximum Gasteiger partial charge on any atom is 0.335 e. The molecule has 3 atom stereocenters. The second kappa shape index (κ2) is 11.9. The number of aliphatic hydroxyl groups excluding tert-OH is 1. The van der Waals surface area contributed by atoms with E-state index >= 15 is 0 Å². The van der Waals surface area contributed by atoms with Gasteiger partial charge in [0.15, 0.2) is 0 Å². The average Bonchev–Trinajstić information content (AvgIpc) is 2.90. The van der Waals surface area contributed by atoms with Crippen LogP contribution >= 0.6 is 0 Å². The monoisotopic (exact) mass is 552 g/mol. The molecule has 4 rings (SSSR count). The van der Waals surface area contributed by atoms with Crippen molar-refractivity contribution in [3.05, 3.63) is 83.4 Å². The van der Waals surface area contributed by atoms with Crippen LogP contribution in [0.1, 0.15) is 35.3 Å². The first-order valence-electron chi connectivity index (χ1n) is 13.0. The molecule has 1 heterocycles. The third kappa shape index (κ3) is 6.50. The molecule has 0 aliphatic carbocycles. The SMILES string of the molecule is Cc1ccc(-c2ccc3c(c2)O[C@@H](CN(C)Cc2ccc(C(=O)O)cc2)[C@H](C)CN([C@H](C)CO)S3(=O)=O)cc1. The summed E-state index contributed by atoms with van der Waals surface area (Å²) in [4.78, 5) is 13.3. The van der Waals surface area contributed by atoms with E-state index in [2.05, 4.69) is 4.90 Å². The number of aromatic carboxylic acids is 1. The minimum absolute atomic E-state index is 0.0856. The molecule has 1 aliphatic rings. The molecular weight excluding hydrogens is 516 g/mol. The van der Waals surface area contributed by atoms with E-state index in [9.17, 15) is 18.3 Å². The summed E-state index contributed by atoms with van der Waals surface area (Å²) in [6.45, 7) is 6.67. The van der Waals surface area contributed by atoms with Gasteiger partial charge in [0.05, 0.1) is 12.2 Å². The van der Waals surface area contributed by atoms with Gasteiger partial charge in [0.2, 0.25) is 10.0 Å². The van der Waals surface area contributed by atoms with Crippen molar-refractivity contribution < 1.29 is 28.2 Å². The van der Waals surface area contributed by atoms with Crippen molar-refractivity contribution in [2.45, 2.75) is 44.4 Å². The van der Waals surface area contributed by atoms with Crippen LogP contribution in [0.4, 0.5) is 0 Å². The zero-order valence-electron chi connectivity index (χ0n) is 22.7. The third-order valence-electron chi connectivity index (χ3n) is 7.20. The minimum atomic E-state index is -3.92. The maximum absolute atomic E-state index is 13.7. The van der Waals surface area contributed by atoms with Crippen LogP contribution in [0.5, 0.6) is 5.75 Å². The fraction of sp³-hybridized carbons (Fsp3) is 0.367. The van der Waals surface area contributed by atoms with Gasteiger partial charge in [0.1, 0.15) is 16.7 Å². The molecule has 0 amide bonds. The first kappa shape index (κ1) is 28.8. The van der Waals surface area contributed by atoms with Gasteiger partial charge in [-0.1, -0.05) is 55.0 Å². The average molecular weight is 553 g/mol. The predicted octanol–water partition coefficient (Wildman–Crippen LogP) is 4.26. The molecule has 0 spiro atoms. The molecule has 0 saturated heterocycles. The molecule has 208 valence electrons. The van der Waals surface area contributed by atoms with E-state index in [0.29, 0.717) is 18.8 Å². The van der Waals surface area contributed by atoms with Gasteiger partial charge in [0, 0.05) is 31.6 Å². The summed E-state index contributed by atoms with van der Waals surface area (Å²) >= 11 is 0. The normalized spacial score (nSPS) is 19.9. The lowest BCUT2D eigenvalue weighted by atomic mass is 10.0. The van der Waals surface area contributed by atoms with Crippen molar-refractivity contribution in [3.8, 4) is 16.9 Å². The Balaban J connectivity index is 1.67. The molecule has 0 bridgehead atoms. The molecule has 0 aromatic heterocycles. The van der Waals surface area contributed by atoms with E-state index in [0.717, 1.165) is 22.3 Å². The number of hydrogen-bond donors (Lipinski definition) is 2. The summed E-state index contributed by atoms with van der Waals surface area (Å²) in [5.74, 6) is -0.854. The Hall–Kier alpha value is -3.24. The number of ether oxygens (including phenoxy) is 1. The van der Waals surface area contributed by atoms with E-state index in [1.807, 2.05) is 45.2 Å². The van der Waals surface area contributed by atoms with Crippen molar-refractivity contribution >= 4 is 16.0 Å². The van der Waals surface area contributed by atoms with Crippen LogP contribution in [-0.2, 0) is 16.6 Å². The molecule has 0 unspecified atom stereocenters. The highest BCUT2D eigenvalue weighted by Gasteiger charge is 2.38. The smallest absolute Gasteiger partial charge is 0.335 e. The third-order valence-corrected chi connectivity index (χ3v) is 9.22. The standard InChI is InChI=1S/C30H36N2O6S/c1-20-5-9-24(10-6-20)26-13-14-29-27(15-26)38-28(21(2)16-32(22(3)19-33)39(29,36)37)18-31(4)17-23-7-11-25(12-8-23)30(34)35/h5-15,21-22,28,33H,16-19H2,1-4H3,(H,34,35)/t21-,22-,28+/m1/s1. The van der Waals surface area contributed by atoms with Gasteiger partial charge in [-0.3, -0.25) is 4.90 Å². The Morgan fingerprint density at radius 2 is 1.72 bits per heavy atom. The van der Waals surface area contributed by atoms with Crippen LogP contribution in [0.15, 0.2) is 71.6 Å². The van der Waals surface area contributed by atoms with Crippen LogP contribution in [0.3, 0.4) is 0 Å². The van der Waals surface area contributed by atoms with Crippen LogP contribution < -0.4 is 4.74 Å². The first-order valence-corrected chi connectivity index (χ1v) is 14.4. The molecule has 9 heteroatoms. The van der Waals surface area contributed by atoms with Gasteiger partial charge >= 0.3 is 5.97 Å². The second-order valence-electron chi connectivity index (χ2n) is 10.5. The number of likely N-dealkylation sites (N-methyl/N-ethyl adjacent to an activating group) is 1. The predicted molar refractivity (Wildman–Crippen MR) is 150 cm³/mol. The molecular formula is C30H36N2O6S. The largest absolute Gasteiger partial charge is 0.487 e. The van der Waals surface area contributed by atoms with Crippen molar-refractivity contribution in [2.24, 2.45) is 5.92 Å². The van der Waals surface area contributed by atoms with E-state index in [-0.39, 0.29) is 35.6 Å². The number of carboxylic acid groups (broad SMARTS) is 1. The van der Waals surface area contributed by atoms with Gasteiger partial charge < -0.3 is 14.9 Å². The van der Waals surface area contributed by atoms with E-state index in [1.165, 1.54) is 4.31 Å². The molecule has 1 aliphatic heterocycles. The molecule has 39 heavy (non-hydrogen) atoms. The number of nitrogens with zero attached hydrogens (tertiary/aromatic N) is 2. The Morgan fingerprint density at radius 1 is 1.08 bits per heavy atom. The van der Waals surface area contributed by atoms with Crippen LogP contribution in [0.25, 0.3) is 11.1 Å². The highest BCUT2D eigenvalue weighted by molar-refractivity contribution is 7.89. The Kier molecular flexibility index (Phi) is 8.76. The number of sulfonamides is 1. The first-order chi connectivity index (χ1) is 18.5. The summed E-state index contributed by atoms with van der Waals surface area (Å²) in [6, 6.07) is 19.4. The highest BCUT2D eigenvalue weighted by atomic mass is 32.2. The lowest BCUT2D eigenvalue weighted by Gasteiger charge is -2.37. The van der Waals surface area contributed by atoms with Crippen molar-refractivity contribution in [3.63, 3.8) is 0 Å². The van der Waals surface area contributed by atoms with Crippen LogP contribution in [0.2, 0.25) is 0 Å². The molecule has 8 nitrogen and oxygen atoms in total. The fourth-order valence-electron chi connectivity index (χ4n) is 4.81. The molecule has 3 aromatic rings. The molecule has 0 radical (unpaired) electrons. The van der Waals surface area contributed by atoms with Crippen molar-refractivity contribution in [2.75, 3.05) is 26.7 Å². The van der Waals surface area contributed by atoms with E-state index in [1.54, 1.807) is 49.4 Å². The maximum atomic E-state index is 13.7. The Morgan fingerprint density at radius 3 is 2.33 bits per heavy atom. The number of aryl methyl sites for hydroxylation is 1. The molecule has 0 fully saturated rings. The molecule has 2 N–H and O–H groups in total. The summed E-state index contributed by atoms with van der Waals surface area (Å²) < 4.78 is 35.4. The van der Waals surface area contributed by atoms with E-state index < -0.39 is 22.0 Å². The number of aliphatic hydroxyl groups is 1. The lowest BCUT2D eigenvalue weighted by Crippen LogP contribution is -2.49. The van der Waals surface area contributed by atoms with E-state index in [4.69, 9.17) is 9.84 Å². The summed E-state index contributed by atoms with van der Waals surface area (Å²) in [6.07, 6.45) is -0.343. The number of hydrogen-bond acceptors (Lipinski definition) is 6. The van der Waals surface area contributed by atoms with Crippen molar-refractivity contribution in [1.82, 2.24) is 9.21 Å². The van der Waals surface area contributed by atoms with Gasteiger partial charge in [0.25, 0.3) is 0 Å². The lowest BCUT2D eigenvalue weighted by molar-refractivity contribution is 0.0697. The second-order valence-corrected chi connectivity index (χ2v) is 12.3. The fourth-order valence-corrected chi connectivity index (χ4v) is 6.63. The number of carboxylic acids is 1. The molecule has 3 aromatic carbocycles. The Bertz CT molecular complexity index is 1410. The van der Waals surface area contributed by atoms with Crippen molar-refractivity contribution in [1.29, 1.82) is 0 Å². The Labute approximate surface area is 230 Å². The summed E-state index contributed by atoms with van der Waals surface area (Å²) in [7, 11) is -1.96. The van der Waals surface area contributed by atoms with Crippen LogP contribution in [0, 0.1) is 12.8 Å². The van der Waals surface area contributed by atoms with Gasteiger partial charge in [-0.15, -0.1) is 0 Å². The minimum Gasteiger partial charge on any atom is -0.487 e. The molecule has 0 saturated carbocycles. The topological polar surface area (TPSA) is 107 Å². The number of rotatable bonds is 8. The highest BCUT2D eigenvalue weighted by Crippen LogP contribution is 2.36.